The van der Waals surface area contributed by atoms with Gasteiger partial charge in [-0.15, -0.1) is 0 Å². The number of benzene rings is 2. The van der Waals surface area contributed by atoms with Crippen LogP contribution in [0.15, 0.2) is 48.5 Å². The fourth-order valence-electron chi connectivity index (χ4n) is 2.92. The molecule has 2 aromatic carbocycles. The zero-order chi connectivity index (χ0) is 16.3. The minimum Gasteiger partial charge on any atom is -0.192 e. The molecule has 120 valence electrons. The summed E-state index contributed by atoms with van der Waals surface area (Å²) in [5, 5.41) is 8.79. The van der Waals surface area contributed by atoms with Crippen LogP contribution < -0.4 is 0 Å². The molecule has 2 rings (SSSR count). The first-order chi connectivity index (χ1) is 11.3. The number of hydrogen-bond acceptors (Lipinski definition) is 1. The second kappa shape index (κ2) is 9.85. The molecule has 1 nitrogen and oxygen atoms in total. The highest BCUT2D eigenvalue weighted by Crippen LogP contribution is 2.13. The molecule has 23 heavy (non-hydrogen) atoms. The molecule has 2 aromatic rings. The van der Waals surface area contributed by atoms with E-state index in [1.165, 1.54) is 61.6 Å². The Hall–Kier alpha value is -2.07. The van der Waals surface area contributed by atoms with Crippen LogP contribution in [0.5, 0.6) is 0 Å². The maximum absolute atomic E-state index is 8.79. The Balaban J connectivity index is 1.59. The molecule has 0 amide bonds. The molecule has 0 spiro atoms. The Bertz CT molecular complexity index is 602. The number of aryl methyl sites for hydroxylation is 3. The van der Waals surface area contributed by atoms with Crippen LogP contribution in [0.2, 0.25) is 0 Å². The van der Waals surface area contributed by atoms with Crippen LogP contribution in [0.4, 0.5) is 0 Å². The van der Waals surface area contributed by atoms with E-state index in [2.05, 4.69) is 49.4 Å². The van der Waals surface area contributed by atoms with E-state index >= 15 is 0 Å². The summed E-state index contributed by atoms with van der Waals surface area (Å²) in [6, 6.07) is 19.3. The third kappa shape index (κ3) is 6.28. The molecule has 0 fully saturated rings. The van der Waals surface area contributed by atoms with Crippen LogP contribution in [0.25, 0.3) is 0 Å². The summed E-state index contributed by atoms with van der Waals surface area (Å²) in [5.41, 5.74) is 5.02. The Labute approximate surface area is 141 Å². The molecule has 0 aliphatic heterocycles. The zero-order valence-electron chi connectivity index (χ0n) is 14.2. The monoisotopic (exact) mass is 305 g/mol. The van der Waals surface area contributed by atoms with E-state index in [9.17, 15) is 0 Å². The third-order valence-electron chi connectivity index (χ3n) is 4.33. The molecule has 0 aliphatic carbocycles. The fourth-order valence-corrected chi connectivity index (χ4v) is 2.92. The molecule has 0 saturated heterocycles. The largest absolute Gasteiger partial charge is 0.192 e. The van der Waals surface area contributed by atoms with Gasteiger partial charge in [-0.2, -0.15) is 5.26 Å². The van der Waals surface area contributed by atoms with Gasteiger partial charge in [-0.1, -0.05) is 62.6 Å². The minimum atomic E-state index is 0.749. The van der Waals surface area contributed by atoms with E-state index in [1.54, 1.807) is 0 Å². The highest BCUT2D eigenvalue weighted by molar-refractivity contribution is 5.31. The summed E-state index contributed by atoms with van der Waals surface area (Å²) in [7, 11) is 0. The van der Waals surface area contributed by atoms with Crippen molar-refractivity contribution in [2.45, 2.75) is 58.3 Å². The second-order valence-electron chi connectivity index (χ2n) is 6.29. The van der Waals surface area contributed by atoms with Crippen molar-refractivity contribution < 1.29 is 0 Å². The van der Waals surface area contributed by atoms with Crippen LogP contribution >= 0.6 is 0 Å². The SMILES string of the molecule is CCCc1ccc(CCCCCCc2ccc(C#N)cc2)cc1. The minimum absolute atomic E-state index is 0.749. The van der Waals surface area contributed by atoms with Crippen molar-refractivity contribution in [2.75, 3.05) is 0 Å². The smallest absolute Gasteiger partial charge is 0.0991 e. The Morgan fingerprint density at radius 3 is 1.52 bits per heavy atom. The number of hydrogen-bond donors (Lipinski definition) is 0. The molecule has 0 bridgehead atoms. The van der Waals surface area contributed by atoms with Crippen molar-refractivity contribution in [3.8, 4) is 6.07 Å². The first-order valence-corrected chi connectivity index (χ1v) is 8.88. The first-order valence-electron chi connectivity index (χ1n) is 8.88. The summed E-state index contributed by atoms with van der Waals surface area (Å²) in [6.07, 6.45) is 9.83. The molecule has 0 aromatic heterocycles. The van der Waals surface area contributed by atoms with Crippen LogP contribution in [-0.2, 0) is 19.3 Å². The topological polar surface area (TPSA) is 23.8 Å². The van der Waals surface area contributed by atoms with E-state index in [0.29, 0.717) is 0 Å². The Kier molecular flexibility index (Phi) is 7.40. The maximum Gasteiger partial charge on any atom is 0.0991 e. The van der Waals surface area contributed by atoms with Crippen molar-refractivity contribution in [1.82, 2.24) is 0 Å². The van der Waals surface area contributed by atoms with Gasteiger partial charge in [0.05, 0.1) is 11.6 Å². The summed E-state index contributed by atoms with van der Waals surface area (Å²) in [6.45, 7) is 2.23. The predicted molar refractivity (Wildman–Crippen MR) is 97.5 cm³/mol. The van der Waals surface area contributed by atoms with Crippen molar-refractivity contribution >= 4 is 0 Å². The third-order valence-corrected chi connectivity index (χ3v) is 4.33. The fraction of sp³-hybridized carbons (Fsp3) is 0.409. The average Bonchev–Trinajstić information content (AvgIpc) is 2.60. The molecule has 0 heterocycles. The Morgan fingerprint density at radius 1 is 0.652 bits per heavy atom. The van der Waals surface area contributed by atoms with Gasteiger partial charge in [0.25, 0.3) is 0 Å². The normalized spacial score (nSPS) is 10.4. The Morgan fingerprint density at radius 2 is 1.09 bits per heavy atom. The van der Waals surface area contributed by atoms with Gasteiger partial charge in [0.1, 0.15) is 0 Å². The molecular weight excluding hydrogens is 278 g/mol. The van der Waals surface area contributed by atoms with Crippen LogP contribution in [0.1, 0.15) is 61.3 Å². The highest BCUT2D eigenvalue weighted by atomic mass is 14.2. The summed E-state index contributed by atoms with van der Waals surface area (Å²) >= 11 is 0. The van der Waals surface area contributed by atoms with E-state index in [-0.39, 0.29) is 0 Å². The second-order valence-corrected chi connectivity index (χ2v) is 6.29. The van der Waals surface area contributed by atoms with Gasteiger partial charge < -0.3 is 0 Å². The number of unbranched alkanes of at least 4 members (excludes halogenated alkanes) is 3. The highest BCUT2D eigenvalue weighted by Gasteiger charge is 1.97. The lowest BCUT2D eigenvalue weighted by Crippen LogP contribution is -1.90. The van der Waals surface area contributed by atoms with Crippen molar-refractivity contribution in [3.63, 3.8) is 0 Å². The van der Waals surface area contributed by atoms with Gasteiger partial charge in [0.2, 0.25) is 0 Å². The van der Waals surface area contributed by atoms with Gasteiger partial charge in [0.15, 0.2) is 0 Å². The van der Waals surface area contributed by atoms with E-state index in [0.717, 1.165) is 12.0 Å². The standard InChI is InChI=1S/C22H27N/c1-2-7-19-10-12-20(13-11-19)8-5-3-4-6-9-21-14-16-22(18-23)17-15-21/h10-17H,2-9H2,1H3. The number of nitriles is 1. The van der Waals surface area contributed by atoms with Crippen molar-refractivity contribution in [1.29, 1.82) is 5.26 Å². The summed E-state index contributed by atoms with van der Waals surface area (Å²) in [5.74, 6) is 0. The summed E-state index contributed by atoms with van der Waals surface area (Å²) in [4.78, 5) is 0. The zero-order valence-corrected chi connectivity index (χ0v) is 14.2. The predicted octanol–water partition coefficient (Wildman–Crippen LogP) is 5.86. The molecule has 1 heteroatoms. The van der Waals surface area contributed by atoms with Crippen LogP contribution in [-0.4, -0.2) is 0 Å². The first kappa shape index (κ1) is 17.3. The van der Waals surface area contributed by atoms with Gasteiger partial charge in [-0.25, -0.2) is 0 Å². The van der Waals surface area contributed by atoms with Crippen LogP contribution in [0.3, 0.4) is 0 Å². The molecule has 0 saturated carbocycles. The molecule has 0 N–H and O–H groups in total. The molecule has 0 radical (unpaired) electrons. The number of rotatable bonds is 9. The van der Waals surface area contributed by atoms with Gasteiger partial charge in [-0.05, 0) is 60.9 Å². The number of nitrogens with zero attached hydrogens (tertiary/aromatic N) is 1. The van der Waals surface area contributed by atoms with Crippen LogP contribution in [0, 0.1) is 11.3 Å². The van der Waals surface area contributed by atoms with Crippen molar-refractivity contribution in [2.24, 2.45) is 0 Å². The van der Waals surface area contributed by atoms with Gasteiger partial charge in [-0.3, -0.25) is 0 Å². The molecule has 0 atom stereocenters. The maximum atomic E-state index is 8.79. The lowest BCUT2D eigenvalue weighted by molar-refractivity contribution is 0.640. The lowest BCUT2D eigenvalue weighted by Gasteiger charge is -2.05. The lowest BCUT2D eigenvalue weighted by atomic mass is 10.0. The van der Waals surface area contributed by atoms with E-state index < -0.39 is 0 Å². The molecule has 0 aliphatic rings. The average molecular weight is 305 g/mol. The molecular formula is C22H27N. The summed E-state index contributed by atoms with van der Waals surface area (Å²) < 4.78 is 0. The van der Waals surface area contributed by atoms with E-state index in [4.69, 9.17) is 5.26 Å². The van der Waals surface area contributed by atoms with Gasteiger partial charge >= 0.3 is 0 Å². The van der Waals surface area contributed by atoms with Crippen molar-refractivity contribution in [3.05, 3.63) is 70.8 Å². The quantitative estimate of drug-likeness (QED) is 0.533. The molecule has 0 unspecified atom stereocenters. The van der Waals surface area contributed by atoms with Gasteiger partial charge in [0, 0.05) is 0 Å². The van der Waals surface area contributed by atoms with E-state index in [1.807, 2.05) is 12.1 Å².